The van der Waals surface area contributed by atoms with Gasteiger partial charge in [0.2, 0.25) is 0 Å². The van der Waals surface area contributed by atoms with Gasteiger partial charge in [-0.3, -0.25) is 0 Å². The molecule has 5 nitrogen and oxygen atoms in total. The minimum absolute atomic E-state index is 0.0641. The molecule has 0 bridgehead atoms. The van der Waals surface area contributed by atoms with E-state index in [0.717, 1.165) is 55.5 Å². The predicted octanol–water partition coefficient (Wildman–Crippen LogP) is 15.8. The molecule has 0 unspecified atom stereocenters. The Labute approximate surface area is 398 Å². The van der Waals surface area contributed by atoms with Gasteiger partial charge in [-0.2, -0.15) is 0 Å². The van der Waals surface area contributed by atoms with Crippen LogP contribution in [0.25, 0.3) is 72.3 Å². The number of hydrogen-bond donors (Lipinski definition) is 0. The van der Waals surface area contributed by atoms with Gasteiger partial charge in [0.05, 0.1) is 0 Å². The average Bonchev–Trinajstić information content (AvgIpc) is 3.80. The molecule has 0 aliphatic heterocycles. The summed E-state index contributed by atoms with van der Waals surface area (Å²) in [5, 5.41) is 2.44. The van der Waals surface area contributed by atoms with Crippen molar-refractivity contribution in [1.29, 1.82) is 0 Å². The first kappa shape index (κ1) is 42.1. The van der Waals surface area contributed by atoms with Crippen LogP contribution in [0.15, 0.2) is 176 Å². The van der Waals surface area contributed by atoms with Crippen molar-refractivity contribution in [3.63, 3.8) is 0 Å². The third-order valence-electron chi connectivity index (χ3n) is 14.0. The van der Waals surface area contributed by atoms with Crippen molar-refractivity contribution in [1.82, 2.24) is 18.7 Å². The van der Waals surface area contributed by atoms with Gasteiger partial charge in [0.1, 0.15) is 0 Å². The predicted molar refractivity (Wildman–Crippen MR) is 269 cm³/mol. The van der Waals surface area contributed by atoms with E-state index in [4.69, 9.17) is 9.72 Å². The number of hydrogen-bond acceptors (Lipinski definition) is 2. The van der Waals surface area contributed by atoms with Crippen molar-refractivity contribution in [2.75, 3.05) is 0 Å². The molecule has 0 fully saturated rings. The fraction of sp³-hybridized carbons (Fsp3) is 0.200. The Kier molecular flexibility index (Phi) is 10.1. The summed E-state index contributed by atoms with van der Waals surface area (Å²) in [5.74, 6) is 2.42. The summed E-state index contributed by atoms with van der Waals surface area (Å²) < 4.78 is 15.1. The van der Waals surface area contributed by atoms with Gasteiger partial charge >= 0.3 is 320 Å². The molecule has 1 aliphatic rings. The third kappa shape index (κ3) is 7.11. The van der Waals surface area contributed by atoms with Crippen molar-refractivity contribution in [3.8, 4) is 50.9 Å². The van der Waals surface area contributed by atoms with Crippen molar-refractivity contribution < 1.29 is 24.1 Å². The average molecular weight is 1040 g/mol. The second-order valence-corrected chi connectivity index (χ2v) is 21.3. The molecule has 0 saturated carbocycles. The summed E-state index contributed by atoms with van der Waals surface area (Å²) >= 11 is 2.53. The monoisotopic (exact) mass is 1040 g/mol. The van der Waals surface area contributed by atoms with Crippen molar-refractivity contribution in [2.24, 2.45) is 0 Å². The number of nitrogens with zero attached hydrogens (tertiary/aromatic N) is 4. The van der Waals surface area contributed by atoms with Crippen LogP contribution in [0.2, 0.25) is 0 Å². The minimum atomic E-state index is -0.0641. The van der Waals surface area contributed by atoms with Gasteiger partial charge in [0, 0.05) is 6.20 Å². The van der Waals surface area contributed by atoms with Gasteiger partial charge in [-0.15, -0.1) is 0 Å². The van der Waals surface area contributed by atoms with E-state index in [2.05, 4.69) is 245 Å². The topological polar surface area (TPSA) is 36.9 Å². The van der Waals surface area contributed by atoms with Crippen LogP contribution in [0.4, 0.5) is 0 Å². The molecule has 0 N–H and O–H groups in total. The zero-order valence-electron chi connectivity index (χ0n) is 38.7. The molecular weight excluding hydrogens is 988 g/mol. The summed E-state index contributed by atoms with van der Waals surface area (Å²) in [5.41, 5.74) is 15.7. The number of pyridine rings is 1. The number of rotatable bonds is 7. The van der Waals surface area contributed by atoms with E-state index in [1.54, 1.807) is 0 Å². The Morgan fingerprint density at radius 3 is 1.71 bits per heavy atom. The molecule has 3 aromatic heterocycles. The van der Waals surface area contributed by atoms with Gasteiger partial charge in [-0.1, -0.05) is 33.8 Å². The van der Waals surface area contributed by atoms with Gasteiger partial charge in [-0.05, 0) is 40.9 Å². The normalized spacial score (nSPS) is 14.5. The number of fused-ring (bicyclic) bond motifs is 5. The van der Waals surface area contributed by atoms with Crippen molar-refractivity contribution in [2.45, 2.75) is 77.6 Å². The maximum absolute atomic E-state index is 6.89. The Hall–Kier alpha value is -6.55. The van der Waals surface area contributed by atoms with Crippen LogP contribution in [0.3, 0.4) is 0 Å². The quantitative estimate of drug-likeness (QED) is 0.159. The van der Waals surface area contributed by atoms with Crippen LogP contribution < -0.4 is 4.74 Å². The molecule has 6 heteroatoms. The molecule has 3 heterocycles. The molecular formula is C60H54N4OPt. The number of benzene rings is 7. The van der Waals surface area contributed by atoms with Crippen LogP contribution in [-0.2, 0) is 35.6 Å². The summed E-state index contributed by atoms with van der Waals surface area (Å²) in [4.78, 5) is 4.89. The Bertz CT molecular complexity index is 3490. The Morgan fingerprint density at radius 2 is 1.09 bits per heavy atom. The van der Waals surface area contributed by atoms with Gasteiger partial charge in [0.15, 0.2) is 0 Å². The third-order valence-corrected chi connectivity index (χ3v) is 15.0. The first-order chi connectivity index (χ1) is 31.8. The zero-order valence-corrected chi connectivity index (χ0v) is 40.9. The molecule has 1 aliphatic carbocycles. The van der Waals surface area contributed by atoms with Crippen LogP contribution in [0, 0.1) is 3.80 Å². The fourth-order valence-electron chi connectivity index (χ4n) is 10.2. The molecule has 0 atom stereocenters. The molecule has 66 heavy (non-hydrogen) atoms. The molecule has 10 aromatic rings. The van der Waals surface area contributed by atoms with Crippen molar-refractivity contribution >= 4 is 32.8 Å². The van der Waals surface area contributed by atoms with E-state index >= 15 is 0 Å². The van der Waals surface area contributed by atoms with E-state index in [9.17, 15) is 0 Å². The molecule has 0 spiro atoms. The first-order valence-corrected chi connectivity index (χ1v) is 24.2. The van der Waals surface area contributed by atoms with E-state index in [1.807, 2.05) is 12.3 Å². The van der Waals surface area contributed by atoms with Gasteiger partial charge < -0.3 is 0 Å². The molecule has 11 rings (SSSR count). The van der Waals surface area contributed by atoms with E-state index in [1.165, 1.54) is 61.7 Å². The number of imidazole rings is 1. The van der Waals surface area contributed by atoms with Crippen LogP contribution in [-0.4, -0.2) is 18.7 Å². The second kappa shape index (κ2) is 15.8. The molecule has 7 aromatic carbocycles. The first-order valence-electron chi connectivity index (χ1n) is 23.1. The SMILES string of the molecule is CC(C)(C)c1cc(-c2ccccc2)c(-n2[c](=[Pt])n(-c3cccc(Oc4ccc5c6cc7c(cc6n(-c6ccccn6)c5c4)C(C)(C)CCC7(C)C)c3)c3ccccc32)c(-c2ccccc2)c1. The summed E-state index contributed by atoms with van der Waals surface area (Å²) in [6.07, 6.45) is 4.21. The standard InChI is InChI=1S/C60H54N4O.Pt/c1-58(2,3)42-33-47(40-19-10-8-11-20-40)57(48(34-42)41-21-12-9-13-22-41)63-39-62(52-25-14-15-26-53(52)63)43-23-18-24-44(35-43)65-45-28-29-46-49-37-50-51(60(6,7)31-30-59(50,4)5)38-55(49)64(54(46)36-45)56-27-16-17-32-61-56;/h8-29,32-38H,30-31H2,1-7H3;. The van der Waals surface area contributed by atoms with E-state index in [-0.39, 0.29) is 16.2 Å². The van der Waals surface area contributed by atoms with Gasteiger partial charge in [0.25, 0.3) is 0 Å². The summed E-state index contributed by atoms with van der Waals surface area (Å²) in [6.45, 7) is 16.5. The number of ether oxygens (including phenoxy) is 1. The Morgan fingerprint density at radius 1 is 0.515 bits per heavy atom. The maximum atomic E-state index is 6.89. The van der Waals surface area contributed by atoms with Crippen LogP contribution in [0.1, 0.15) is 78.0 Å². The van der Waals surface area contributed by atoms with Crippen LogP contribution >= 0.6 is 0 Å². The molecule has 0 amide bonds. The molecule has 0 saturated heterocycles. The number of para-hydroxylation sites is 2. The molecule has 330 valence electrons. The van der Waals surface area contributed by atoms with E-state index in [0.29, 0.717) is 0 Å². The summed E-state index contributed by atoms with van der Waals surface area (Å²) in [7, 11) is 0. The second-order valence-electron chi connectivity index (χ2n) is 20.3. The summed E-state index contributed by atoms with van der Waals surface area (Å²) in [6, 6.07) is 61.3. The van der Waals surface area contributed by atoms with E-state index < -0.39 is 0 Å². The fourth-order valence-corrected chi connectivity index (χ4v) is 11.3. The zero-order chi connectivity index (χ0) is 45.5. The van der Waals surface area contributed by atoms with Crippen molar-refractivity contribution in [3.05, 3.63) is 197 Å². The van der Waals surface area contributed by atoms with Crippen LogP contribution in [0.5, 0.6) is 11.5 Å². The molecule has 0 radical (unpaired) electrons. The Balaban J connectivity index is 1.07. The number of aromatic nitrogens is 4. The van der Waals surface area contributed by atoms with Gasteiger partial charge in [-0.25, -0.2) is 0 Å².